The van der Waals surface area contributed by atoms with Crippen LogP contribution in [0, 0.1) is 16.7 Å². The van der Waals surface area contributed by atoms with Crippen LogP contribution in [0.4, 0.5) is 0 Å². The van der Waals surface area contributed by atoms with Crippen LogP contribution in [-0.4, -0.2) is 31.1 Å². The minimum atomic E-state index is 0.563. The summed E-state index contributed by atoms with van der Waals surface area (Å²) in [6.45, 7) is 8.99. The number of hydrogen-bond acceptors (Lipinski definition) is 3. The summed E-state index contributed by atoms with van der Waals surface area (Å²) in [5, 5.41) is 8.75. The summed E-state index contributed by atoms with van der Waals surface area (Å²) in [4.78, 5) is 2.58. The first-order chi connectivity index (χ1) is 10.2. The molecule has 0 unspecified atom stereocenters. The Balaban J connectivity index is 1.67. The molecule has 1 fully saturated rings. The lowest BCUT2D eigenvalue weighted by molar-refractivity contribution is 0.222. The third-order valence-corrected chi connectivity index (χ3v) is 4.89. The molecule has 1 aliphatic rings. The molecule has 0 aliphatic carbocycles. The number of nitriles is 1. The fourth-order valence-electron chi connectivity index (χ4n) is 3.15. The first-order valence-corrected chi connectivity index (χ1v) is 8.06. The van der Waals surface area contributed by atoms with Crippen LogP contribution in [0.25, 0.3) is 0 Å². The smallest absolute Gasteiger partial charge is 0.119 e. The molecule has 114 valence electrons. The van der Waals surface area contributed by atoms with E-state index in [0.717, 1.165) is 25.3 Å². The van der Waals surface area contributed by atoms with Gasteiger partial charge in [0.25, 0.3) is 0 Å². The van der Waals surface area contributed by atoms with Crippen molar-refractivity contribution in [1.29, 1.82) is 5.26 Å². The lowest BCUT2D eigenvalue weighted by Gasteiger charge is -2.26. The molecular formula is C18H26N2O. The van der Waals surface area contributed by atoms with Gasteiger partial charge in [0, 0.05) is 13.1 Å². The predicted molar refractivity (Wildman–Crippen MR) is 85.3 cm³/mol. The molecule has 0 spiro atoms. The third-order valence-electron chi connectivity index (χ3n) is 4.89. The van der Waals surface area contributed by atoms with Crippen molar-refractivity contribution in [3.8, 4) is 11.8 Å². The second-order valence-electron chi connectivity index (χ2n) is 6.07. The first-order valence-electron chi connectivity index (χ1n) is 8.06. The van der Waals surface area contributed by atoms with Crippen LogP contribution in [-0.2, 0) is 0 Å². The number of rotatable bonds is 7. The van der Waals surface area contributed by atoms with Crippen LogP contribution in [0.3, 0.4) is 0 Å². The maximum absolute atomic E-state index is 8.75. The predicted octanol–water partition coefficient (Wildman–Crippen LogP) is 3.84. The van der Waals surface area contributed by atoms with Crippen molar-refractivity contribution in [2.75, 3.05) is 26.2 Å². The van der Waals surface area contributed by atoms with E-state index < -0.39 is 0 Å². The molecule has 0 atom stereocenters. The summed E-state index contributed by atoms with van der Waals surface area (Å²) in [7, 11) is 0. The van der Waals surface area contributed by atoms with Gasteiger partial charge in [0.1, 0.15) is 5.75 Å². The molecule has 0 radical (unpaired) electrons. The summed E-state index contributed by atoms with van der Waals surface area (Å²) in [5.74, 6) is 0.854. The molecular weight excluding hydrogens is 260 g/mol. The summed E-state index contributed by atoms with van der Waals surface area (Å²) < 4.78 is 5.73. The van der Waals surface area contributed by atoms with E-state index >= 15 is 0 Å². The molecule has 0 saturated carbocycles. The highest BCUT2D eigenvalue weighted by Crippen LogP contribution is 2.36. The van der Waals surface area contributed by atoms with Crippen molar-refractivity contribution in [3.63, 3.8) is 0 Å². The fraction of sp³-hybridized carbons (Fsp3) is 0.611. The van der Waals surface area contributed by atoms with E-state index in [2.05, 4.69) is 24.8 Å². The molecule has 1 aromatic carbocycles. The van der Waals surface area contributed by atoms with E-state index in [1.807, 2.05) is 12.1 Å². The zero-order chi connectivity index (χ0) is 15.1. The van der Waals surface area contributed by atoms with Gasteiger partial charge in [0.05, 0.1) is 18.2 Å². The van der Waals surface area contributed by atoms with Gasteiger partial charge in [-0.3, -0.25) is 0 Å². The van der Waals surface area contributed by atoms with Gasteiger partial charge in [-0.25, -0.2) is 0 Å². The maximum Gasteiger partial charge on any atom is 0.119 e. The van der Waals surface area contributed by atoms with Gasteiger partial charge in [-0.15, -0.1) is 0 Å². The third kappa shape index (κ3) is 4.22. The van der Waals surface area contributed by atoms with E-state index in [-0.39, 0.29) is 0 Å². The van der Waals surface area contributed by atoms with E-state index in [4.69, 9.17) is 10.00 Å². The van der Waals surface area contributed by atoms with Crippen molar-refractivity contribution < 1.29 is 4.74 Å². The zero-order valence-electron chi connectivity index (χ0n) is 13.3. The van der Waals surface area contributed by atoms with Crippen LogP contribution in [0.15, 0.2) is 24.3 Å². The second-order valence-corrected chi connectivity index (χ2v) is 6.07. The van der Waals surface area contributed by atoms with E-state index in [1.54, 1.807) is 12.1 Å². The molecule has 3 nitrogen and oxygen atoms in total. The van der Waals surface area contributed by atoms with Crippen LogP contribution in [0.1, 0.15) is 45.1 Å². The Morgan fingerprint density at radius 1 is 1.24 bits per heavy atom. The highest BCUT2D eigenvalue weighted by atomic mass is 16.5. The Labute approximate surface area is 128 Å². The van der Waals surface area contributed by atoms with Crippen molar-refractivity contribution in [2.24, 2.45) is 5.41 Å². The van der Waals surface area contributed by atoms with Gasteiger partial charge in [-0.1, -0.05) is 13.8 Å². The van der Waals surface area contributed by atoms with Crippen molar-refractivity contribution in [2.45, 2.75) is 39.5 Å². The topological polar surface area (TPSA) is 36.3 Å². The summed E-state index contributed by atoms with van der Waals surface area (Å²) >= 11 is 0. The quantitative estimate of drug-likeness (QED) is 0.715. The minimum Gasteiger partial charge on any atom is -0.494 e. The van der Waals surface area contributed by atoms with E-state index in [0.29, 0.717) is 11.0 Å². The number of likely N-dealkylation sites (tertiary alicyclic amines) is 1. The van der Waals surface area contributed by atoms with Gasteiger partial charge in [0.15, 0.2) is 0 Å². The second kappa shape index (κ2) is 7.47. The largest absolute Gasteiger partial charge is 0.494 e. The lowest BCUT2D eigenvalue weighted by atomic mass is 9.82. The fourth-order valence-corrected chi connectivity index (χ4v) is 3.15. The maximum atomic E-state index is 8.75. The number of ether oxygens (including phenoxy) is 1. The van der Waals surface area contributed by atoms with E-state index in [1.165, 1.54) is 32.4 Å². The molecule has 1 aromatic rings. The molecule has 0 amide bonds. The standard InChI is InChI=1S/C18H26N2O/c1-3-18(4-2)10-12-20(15-18)11-5-13-21-17-8-6-16(14-19)7-9-17/h6-9H,3-5,10-13,15H2,1-2H3. The van der Waals surface area contributed by atoms with Gasteiger partial charge in [-0.05, 0) is 61.9 Å². The normalized spacial score (nSPS) is 17.6. The van der Waals surface area contributed by atoms with Crippen LogP contribution < -0.4 is 4.74 Å². The monoisotopic (exact) mass is 286 g/mol. The van der Waals surface area contributed by atoms with E-state index in [9.17, 15) is 0 Å². The molecule has 2 rings (SSSR count). The lowest BCUT2D eigenvalue weighted by Crippen LogP contribution is -2.27. The van der Waals surface area contributed by atoms with Crippen LogP contribution >= 0.6 is 0 Å². The average Bonchev–Trinajstić information content (AvgIpc) is 2.96. The molecule has 1 saturated heterocycles. The summed E-state index contributed by atoms with van der Waals surface area (Å²) in [6, 6.07) is 9.45. The highest BCUT2D eigenvalue weighted by Gasteiger charge is 2.34. The Morgan fingerprint density at radius 3 is 2.52 bits per heavy atom. The van der Waals surface area contributed by atoms with Gasteiger partial charge >= 0.3 is 0 Å². The van der Waals surface area contributed by atoms with Gasteiger partial charge in [0.2, 0.25) is 0 Å². The Bertz CT molecular complexity index is 471. The first kappa shape index (κ1) is 15.9. The Hall–Kier alpha value is -1.53. The van der Waals surface area contributed by atoms with Crippen LogP contribution in [0.5, 0.6) is 5.75 Å². The molecule has 0 N–H and O–H groups in total. The van der Waals surface area contributed by atoms with Crippen molar-refractivity contribution in [3.05, 3.63) is 29.8 Å². The summed E-state index contributed by atoms with van der Waals surface area (Å²) in [5.41, 5.74) is 1.24. The molecule has 21 heavy (non-hydrogen) atoms. The average molecular weight is 286 g/mol. The Kier molecular flexibility index (Phi) is 5.64. The molecule has 3 heteroatoms. The Morgan fingerprint density at radius 2 is 1.95 bits per heavy atom. The molecule has 1 aliphatic heterocycles. The van der Waals surface area contributed by atoms with Gasteiger partial charge < -0.3 is 9.64 Å². The zero-order valence-corrected chi connectivity index (χ0v) is 13.3. The molecule has 0 bridgehead atoms. The molecule has 0 aromatic heterocycles. The number of hydrogen-bond donors (Lipinski definition) is 0. The number of nitrogens with zero attached hydrogens (tertiary/aromatic N) is 2. The summed E-state index contributed by atoms with van der Waals surface area (Å²) in [6.07, 6.45) is 4.99. The molecule has 1 heterocycles. The SMILES string of the molecule is CCC1(CC)CCN(CCCOc2ccc(C#N)cc2)C1. The number of benzene rings is 1. The minimum absolute atomic E-state index is 0.563. The van der Waals surface area contributed by atoms with Crippen molar-refractivity contribution >= 4 is 0 Å². The van der Waals surface area contributed by atoms with Gasteiger partial charge in [-0.2, -0.15) is 5.26 Å². The van der Waals surface area contributed by atoms with Crippen LogP contribution in [0.2, 0.25) is 0 Å². The highest BCUT2D eigenvalue weighted by molar-refractivity contribution is 5.34. The van der Waals surface area contributed by atoms with Crippen molar-refractivity contribution in [1.82, 2.24) is 4.90 Å².